The SMILES string of the molecule is C[C@@H](NC(=O)CSc1nc2ccccc2c(=O)n1C1CC1)c1ccc(F)cc1F. The topological polar surface area (TPSA) is 64.0 Å². The standard InChI is InChI=1S/C21H19F2N3O2S/c1-12(15-9-6-13(22)10-17(15)23)24-19(27)11-29-21-25-18-5-3-2-4-16(18)20(28)26(21)14-7-8-14/h2-6,9-10,12,14H,7-8,11H2,1H3,(H,24,27)/t12-/m1/s1. The predicted molar refractivity (Wildman–Crippen MR) is 108 cm³/mol. The molecular weight excluding hydrogens is 396 g/mol. The van der Waals surface area contributed by atoms with E-state index in [4.69, 9.17) is 0 Å². The quantitative estimate of drug-likeness (QED) is 0.489. The van der Waals surface area contributed by atoms with Gasteiger partial charge in [0.15, 0.2) is 5.16 Å². The number of benzene rings is 2. The molecule has 1 atom stereocenters. The number of rotatable bonds is 6. The molecule has 1 heterocycles. The molecule has 4 rings (SSSR count). The van der Waals surface area contributed by atoms with Gasteiger partial charge in [0, 0.05) is 17.7 Å². The first-order chi connectivity index (χ1) is 13.9. The average Bonchev–Trinajstić information content (AvgIpc) is 3.51. The Bertz CT molecular complexity index is 1140. The Morgan fingerprint density at radius 2 is 2.03 bits per heavy atom. The van der Waals surface area contributed by atoms with Gasteiger partial charge in [-0.3, -0.25) is 14.2 Å². The van der Waals surface area contributed by atoms with Crippen LogP contribution in [0.4, 0.5) is 8.78 Å². The summed E-state index contributed by atoms with van der Waals surface area (Å²) in [5.41, 5.74) is 0.713. The highest BCUT2D eigenvalue weighted by molar-refractivity contribution is 7.99. The smallest absolute Gasteiger partial charge is 0.262 e. The van der Waals surface area contributed by atoms with E-state index < -0.39 is 17.7 Å². The van der Waals surface area contributed by atoms with Crippen molar-refractivity contribution in [2.24, 2.45) is 0 Å². The molecule has 1 amide bonds. The lowest BCUT2D eigenvalue weighted by Crippen LogP contribution is -2.29. The Morgan fingerprint density at radius 3 is 2.76 bits per heavy atom. The summed E-state index contributed by atoms with van der Waals surface area (Å²) in [5.74, 6) is -1.66. The van der Waals surface area contributed by atoms with Crippen molar-refractivity contribution in [3.8, 4) is 0 Å². The highest BCUT2D eigenvalue weighted by atomic mass is 32.2. The summed E-state index contributed by atoms with van der Waals surface area (Å²) in [6.45, 7) is 1.63. The van der Waals surface area contributed by atoms with Gasteiger partial charge < -0.3 is 5.32 Å². The Kier molecular flexibility index (Phi) is 5.36. The molecule has 0 radical (unpaired) electrons. The minimum atomic E-state index is -0.704. The molecule has 1 aromatic heterocycles. The molecule has 1 N–H and O–H groups in total. The van der Waals surface area contributed by atoms with Crippen molar-refractivity contribution in [3.05, 3.63) is 70.0 Å². The average molecular weight is 415 g/mol. The monoisotopic (exact) mass is 415 g/mol. The third kappa shape index (κ3) is 4.17. The maximum Gasteiger partial charge on any atom is 0.262 e. The van der Waals surface area contributed by atoms with E-state index in [-0.39, 0.29) is 28.8 Å². The van der Waals surface area contributed by atoms with Crippen LogP contribution in [0.25, 0.3) is 10.9 Å². The molecule has 1 aliphatic rings. The van der Waals surface area contributed by atoms with Gasteiger partial charge in [-0.05, 0) is 38.0 Å². The lowest BCUT2D eigenvalue weighted by molar-refractivity contribution is -0.119. The van der Waals surface area contributed by atoms with Crippen LogP contribution >= 0.6 is 11.8 Å². The van der Waals surface area contributed by atoms with Gasteiger partial charge in [0.05, 0.1) is 22.7 Å². The summed E-state index contributed by atoms with van der Waals surface area (Å²) in [6.07, 6.45) is 1.83. The van der Waals surface area contributed by atoms with E-state index in [2.05, 4.69) is 10.3 Å². The number of para-hydroxylation sites is 1. The first kappa shape index (κ1) is 19.6. The molecule has 0 aliphatic heterocycles. The van der Waals surface area contributed by atoms with Crippen LogP contribution in [0.5, 0.6) is 0 Å². The maximum atomic E-state index is 13.9. The van der Waals surface area contributed by atoms with Gasteiger partial charge in [0.2, 0.25) is 5.91 Å². The number of amides is 1. The Balaban J connectivity index is 1.50. The van der Waals surface area contributed by atoms with Crippen molar-refractivity contribution in [3.63, 3.8) is 0 Å². The van der Waals surface area contributed by atoms with E-state index in [1.165, 1.54) is 17.8 Å². The minimum Gasteiger partial charge on any atom is -0.349 e. The summed E-state index contributed by atoms with van der Waals surface area (Å²) >= 11 is 1.18. The van der Waals surface area contributed by atoms with Gasteiger partial charge in [-0.15, -0.1) is 0 Å². The second-order valence-electron chi connectivity index (χ2n) is 7.06. The molecule has 5 nitrogen and oxygen atoms in total. The second-order valence-corrected chi connectivity index (χ2v) is 8.00. The molecule has 3 aromatic rings. The number of aromatic nitrogens is 2. The molecule has 150 valence electrons. The van der Waals surface area contributed by atoms with Gasteiger partial charge in [0.25, 0.3) is 5.56 Å². The Hall–Kier alpha value is -2.74. The van der Waals surface area contributed by atoms with E-state index in [9.17, 15) is 18.4 Å². The number of carbonyl (C=O) groups excluding carboxylic acids is 1. The zero-order chi connectivity index (χ0) is 20.5. The van der Waals surface area contributed by atoms with Crippen LogP contribution in [0.1, 0.15) is 37.4 Å². The van der Waals surface area contributed by atoms with Gasteiger partial charge >= 0.3 is 0 Å². The van der Waals surface area contributed by atoms with Crippen molar-refractivity contribution in [1.82, 2.24) is 14.9 Å². The molecule has 0 spiro atoms. The molecule has 1 saturated carbocycles. The molecule has 0 bridgehead atoms. The van der Waals surface area contributed by atoms with E-state index in [0.29, 0.717) is 16.1 Å². The molecule has 29 heavy (non-hydrogen) atoms. The molecule has 1 fully saturated rings. The van der Waals surface area contributed by atoms with Crippen molar-refractivity contribution in [2.75, 3.05) is 5.75 Å². The van der Waals surface area contributed by atoms with Crippen LogP contribution in [-0.2, 0) is 4.79 Å². The van der Waals surface area contributed by atoms with E-state index in [1.807, 2.05) is 6.07 Å². The largest absolute Gasteiger partial charge is 0.349 e. The van der Waals surface area contributed by atoms with Gasteiger partial charge in [-0.2, -0.15) is 0 Å². The van der Waals surface area contributed by atoms with Crippen molar-refractivity contribution < 1.29 is 13.6 Å². The van der Waals surface area contributed by atoms with Gasteiger partial charge in [0.1, 0.15) is 11.6 Å². The number of hydrogen-bond acceptors (Lipinski definition) is 4. The van der Waals surface area contributed by atoms with Gasteiger partial charge in [-0.25, -0.2) is 13.8 Å². The fourth-order valence-electron chi connectivity index (χ4n) is 3.23. The normalized spacial score (nSPS) is 14.7. The second kappa shape index (κ2) is 7.94. The third-order valence-corrected chi connectivity index (χ3v) is 5.78. The van der Waals surface area contributed by atoms with E-state index in [0.717, 1.165) is 25.0 Å². The molecular formula is C21H19F2N3O2S. The summed E-state index contributed by atoms with van der Waals surface area (Å²) in [4.78, 5) is 29.8. The molecule has 1 aliphatic carbocycles. The van der Waals surface area contributed by atoms with Crippen LogP contribution in [0, 0.1) is 11.6 Å². The number of nitrogens with zero attached hydrogens (tertiary/aromatic N) is 2. The summed E-state index contributed by atoms with van der Waals surface area (Å²) in [7, 11) is 0. The van der Waals surface area contributed by atoms with Crippen LogP contribution in [-0.4, -0.2) is 21.2 Å². The van der Waals surface area contributed by atoms with Crippen molar-refractivity contribution in [2.45, 2.75) is 37.0 Å². The van der Waals surface area contributed by atoms with Crippen molar-refractivity contribution >= 4 is 28.6 Å². The fourth-order valence-corrected chi connectivity index (χ4v) is 4.10. The number of nitrogens with one attached hydrogen (secondary N) is 1. The van der Waals surface area contributed by atoms with Crippen molar-refractivity contribution in [1.29, 1.82) is 0 Å². The zero-order valence-corrected chi connectivity index (χ0v) is 16.5. The number of carbonyl (C=O) groups is 1. The first-order valence-electron chi connectivity index (χ1n) is 9.32. The molecule has 2 aromatic carbocycles. The van der Waals surface area contributed by atoms with Crippen LogP contribution in [0.3, 0.4) is 0 Å². The number of halogens is 2. The fraction of sp³-hybridized carbons (Fsp3) is 0.286. The molecule has 0 saturated heterocycles. The zero-order valence-electron chi connectivity index (χ0n) is 15.7. The van der Waals surface area contributed by atoms with Crippen LogP contribution in [0.2, 0.25) is 0 Å². The predicted octanol–water partition coefficient (Wildman–Crippen LogP) is 3.98. The molecule has 8 heteroatoms. The van der Waals surface area contributed by atoms with Crippen LogP contribution < -0.4 is 10.9 Å². The maximum absolute atomic E-state index is 13.9. The summed E-state index contributed by atoms with van der Waals surface area (Å²) < 4.78 is 28.6. The summed E-state index contributed by atoms with van der Waals surface area (Å²) in [6, 6.07) is 9.93. The molecule has 0 unspecified atom stereocenters. The third-order valence-electron chi connectivity index (χ3n) is 4.83. The highest BCUT2D eigenvalue weighted by Gasteiger charge is 2.28. The number of thioether (sulfide) groups is 1. The lowest BCUT2D eigenvalue weighted by atomic mass is 10.1. The number of hydrogen-bond donors (Lipinski definition) is 1. The Labute approximate surface area is 170 Å². The van der Waals surface area contributed by atoms with Crippen LogP contribution in [0.15, 0.2) is 52.4 Å². The minimum absolute atomic E-state index is 0.0324. The number of fused-ring (bicyclic) bond motifs is 1. The van der Waals surface area contributed by atoms with E-state index >= 15 is 0 Å². The first-order valence-corrected chi connectivity index (χ1v) is 10.3. The van der Waals surface area contributed by atoms with E-state index in [1.54, 1.807) is 29.7 Å². The Morgan fingerprint density at radius 1 is 1.28 bits per heavy atom. The van der Waals surface area contributed by atoms with Gasteiger partial charge in [-0.1, -0.05) is 30.0 Å². The highest BCUT2D eigenvalue weighted by Crippen LogP contribution is 2.36. The lowest BCUT2D eigenvalue weighted by Gasteiger charge is -2.16. The summed E-state index contributed by atoms with van der Waals surface area (Å²) in [5, 5.41) is 3.78.